The van der Waals surface area contributed by atoms with Gasteiger partial charge in [0.15, 0.2) is 5.58 Å². The van der Waals surface area contributed by atoms with Crippen molar-refractivity contribution in [3.8, 4) is 0 Å². The number of carbonyl (C=O) groups excluding carboxylic acids is 1. The molecule has 0 spiro atoms. The molecule has 0 aliphatic heterocycles. The number of carbonyl (C=O) groups is 1. The van der Waals surface area contributed by atoms with Crippen molar-refractivity contribution in [2.24, 2.45) is 0 Å². The van der Waals surface area contributed by atoms with E-state index in [2.05, 4.69) is 15.3 Å². The van der Waals surface area contributed by atoms with Crippen LogP contribution in [0, 0.1) is 12.7 Å². The van der Waals surface area contributed by atoms with Gasteiger partial charge in [0.2, 0.25) is 5.89 Å². The van der Waals surface area contributed by atoms with Gasteiger partial charge in [-0.15, -0.1) is 0 Å². The maximum atomic E-state index is 13.6. The van der Waals surface area contributed by atoms with Crippen LogP contribution in [0.5, 0.6) is 0 Å². The Hall–Kier alpha value is -2.76. The molecule has 0 saturated heterocycles. The van der Waals surface area contributed by atoms with Crippen molar-refractivity contribution in [2.45, 2.75) is 25.3 Å². The minimum atomic E-state index is -0.600. The first kappa shape index (κ1) is 13.9. The largest absolute Gasteiger partial charge is 0.438 e. The summed E-state index contributed by atoms with van der Waals surface area (Å²) in [6, 6.07) is 6.19. The summed E-state index contributed by atoms with van der Waals surface area (Å²) >= 11 is 0. The zero-order chi connectivity index (χ0) is 16.0. The molecule has 1 aliphatic carbocycles. The predicted molar refractivity (Wildman–Crippen MR) is 81.3 cm³/mol. The highest BCUT2D eigenvalue weighted by Crippen LogP contribution is 2.46. The highest BCUT2D eigenvalue weighted by Gasteiger charge is 2.50. The Bertz CT molecular complexity index is 882. The summed E-state index contributed by atoms with van der Waals surface area (Å²) in [5.41, 5.74) is 1.49. The fourth-order valence-electron chi connectivity index (χ4n) is 2.53. The van der Waals surface area contributed by atoms with Gasteiger partial charge in [0, 0.05) is 17.8 Å². The maximum absolute atomic E-state index is 13.6. The lowest BCUT2D eigenvalue weighted by atomic mass is 10.1. The lowest BCUT2D eigenvalue weighted by Gasteiger charge is -2.14. The first-order valence-electron chi connectivity index (χ1n) is 7.37. The molecule has 23 heavy (non-hydrogen) atoms. The number of halogens is 1. The average molecular weight is 311 g/mol. The standard InChI is InChI=1S/C17H14FN3O2/c1-10-2-3-11(8-12(10)18)15(22)21-17(5-6-17)16-20-13-9-19-7-4-14(13)23-16/h2-4,7-9H,5-6H2,1H3,(H,21,22). The number of aryl methyl sites for hydroxylation is 1. The quantitative estimate of drug-likeness (QED) is 0.807. The van der Waals surface area contributed by atoms with Gasteiger partial charge in [-0.3, -0.25) is 9.78 Å². The van der Waals surface area contributed by atoms with Crippen LogP contribution in [0.2, 0.25) is 0 Å². The number of rotatable bonds is 3. The molecule has 1 aromatic carbocycles. The number of oxazole rings is 1. The van der Waals surface area contributed by atoms with E-state index in [4.69, 9.17) is 4.42 Å². The number of aromatic nitrogens is 2. The molecule has 1 N–H and O–H groups in total. The third-order valence-corrected chi connectivity index (χ3v) is 4.14. The van der Waals surface area contributed by atoms with Crippen molar-refractivity contribution in [3.63, 3.8) is 0 Å². The SMILES string of the molecule is Cc1ccc(C(=O)NC2(c3nc4cnccc4o3)CC2)cc1F. The van der Waals surface area contributed by atoms with Crippen LogP contribution in [0.4, 0.5) is 4.39 Å². The molecule has 1 aliphatic rings. The van der Waals surface area contributed by atoms with E-state index in [0.29, 0.717) is 22.6 Å². The highest BCUT2D eigenvalue weighted by atomic mass is 19.1. The fourth-order valence-corrected chi connectivity index (χ4v) is 2.53. The molecule has 1 fully saturated rings. The zero-order valence-corrected chi connectivity index (χ0v) is 12.5. The van der Waals surface area contributed by atoms with E-state index in [1.165, 1.54) is 6.07 Å². The Morgan fingerprint density at radius 1 is 1.35 bits per heavy atom. The minimum absolute atomic E-state index is 0.289. The van der Waals surface area contributed by atoms with E-state index in [1.54, 1.807) is 37.5 Å². The van der Waals surface area contributed by atoms with Crippen LogP contribution in [0.15, 0.2) is 41.1 Å². The van der Waals surface area contributed by atoms with Gasteiger partial charge in [-0.1, -0.05) is 6.07 Å². The molecule has 0 radical (unpaired) electrons. The highest BCUT2D eigenvalue weighted by molar-refractivity contribution is 5.95. The zero-order valence-electron chi connectivity index (χ0n) is 12.5. The number of hydrogen-bond acceptors (Lipinski definition) is 4. The van der Waals surface area contributed by atoms with E-state index in [0.717, 1.165) is 12.8 Å². The monoisotopic (exact) mass is 311 g/mol. The molecule has 0 bridgehead atoms. The van der Waals surface area contributed by atoms with Gasteiger partial charge in [-0.2, -0.15) is 0 Å². The lowest BCUT2D eigenvalue weighted by molar-refractivity contribution is 0.0923. The van der Waals surface area contributed by atoms with Gasteiger partial charge >= 0.3 is 0 Å². The van der Waals surface area contributed by atoms with Crippen LogP contribution in [0.25, 0.3) is 11.1 Å². The Kier molecular flexibility index (Phi) is 2.94. The smallest absolute Gasteiger partial charge is 0.252 e. The maximum Gasteiger partial charge on any atom is 0.252 e. The third-order valence-electron chi connectivity index (χ3n) is 4.14. The Morgan fingerprint density at radius 3 is 2.87 bits per heavy atom. The van der Waals surface area contributed by atoms with Crippen LogP contribution < -0.4 is 5.32 Å². The number of nitrogens with one attached hydrogen (secondary N) is 1. The van der Waals surface area contributed by atoms with E-state index in [1.807, 2.05) is 0 Å². The molecule has 0 unspecified atom stereocenters. The van der Waals surface area contributed by atoms with Gasteiger partial charge in [0.05, 0.1) is 6.20 Å². The van der Waals surface area contributed by atoms with Gasteiger partial charge in [0.1, 0.15) is 16.9 Å². The van der Waals surface area contributed by atoms with Crippen molar-refractivity contribution >= 4 is 17.0 Å². The Morgan fingerprint density at radius 2 is 2.17 bits per heavy atom. The molecule has 4 rings (SSSR count). The second kappa shape index (κ2) is 4.87. The number of nitrogens with zero attached hydrogens (tertiary/aromatic N) is 2. The van der Waals surface area contributed by atoms with E-state index in [-0.39, 0.29) is 11.5 Å². The fraction of sp³-hybridized carbons (Fsp3) is 0.235. The lowest BCUT2D eigenvalue weighted by Crippen LogP contribution is -2.35. The van der Waals surface area contributed by atoms with E-state index < -0.39 is 11.4 Å². The molecule has 2 aromatic heterocycles. The van der Waals surface area contributed by atoms with Crippen molar-refractivity contribution in [1.29, 1.82) is 0 Å². The minimum Gasteiger partial charge on any atom is -0.438 e. The molecular weight excluding hydrogens is 297 g/mol. The molecule has 5 nitrogen and oxygen atoms in total. The summed E-state index contributed by atoms with van der Waals surface area (Å²) in [5, 5.41) is 2.93. The Labute approximate surface area is 131 Å². The van der Waals surface area contributed by atoms with E-state index in [9.17, 15) is 9.18 Å². The van der Waals surface area contributed by atoms with Crippen LogP contribution in [0.1, 0.15) is 34.7 Å². The van der Waals surface area contributed by atoms with Crippen molar-refractivity contribution in [3.05, 3.63) is 59.5 Å². The summed E-state index contributed by atoms with van der Waals surface area (Å²) in [6.45, 7) is 1.66. The average Bonchev–Trinajstić information content (AvgIpc) is 3.19. The number of amides is 1. The number of benzene rings is 1. The predicted octanol–water partition coefficient (Wildman–Crippen LogP) is 3.09. The van der Waals surface area contributed by atoms with Crippen molar-refractivity contribution in [1.82, 2.24) is 15.3 Å². The summed E-state index contributed by atoms with van der Waals surface area (Å²) in [6.07, 6.45) is 4.74. The summed E-state index contributed by atoms with van der Waals surface area (Å²) < 4.78 is 19.4. The van der Waals surface area contributed by atoms with Gasteiger partial charge in [-0.25, -0.2) is 9.37 Å². The number of fused-ring (bicyclic) bond motifs is 1. The number of pyridine rings is 1. The second-order valence-electron chi connectivity index (χ2n) is 5.86. The third kappa shape index (κ3) is 2.36. The Balaban J connectivity index is 1.62. The van der Waals surface area contributed by atoms with Gasteiger partial charge < -0.3 is 9.73 Å². The van der Waals surface area contributed by atoms with Crippen molar-refractivity contribution < 1.29 is 13.6 Å². The van der Waals surface area contributed by atoms with E-state index >= 15 is 0 Å². The van der Waals surface area contributed by atoms with Gasteiger partial charge in [-0.05, 0) is 37.5 Å². The van der Waals surface area contributed by atoms with Crippen molar-refractivity contribution in [2.75, 3.05) is 0 Å². The number of hydrogen-bond donors (Lipinski definition) is 1. The molecule has 6 heteroatoms. The molecule has 2 heterocycles. The molecule has 0 atom stereocenters. The van der Waals surface area contributed by atoms with Crippen LogP contribution in [0.3, 0.4) is 0 Å². The van der Waals surface area contributed by atoms with Crippen LogP contribution in [-0.2, 0) is 5.54 Å². The topological polar surface area (TPSA) is 68.0 Å². The molecular formula is C17H14FN3O2. The summed E-state index contributed by atoms with van der Waals surface area (Å²) in [7, 11) is 0. The first-order chi connectivity index (χ1) is 11.1. The van der Waals surface area contributed by atoms with Gasteiger partial charge in [0.25, 0.3) is 5.91 Å². The normalized spacial score (nSPS) is 15.6. The molecule has 1 amide bonds. The molecule has 3 aromatic rings. The summed E-state index contributed by atoms with van der Waals surface area (Å²) in [4.78, 5) is 20.8. The summed E-state index contributed by atoms with van der Waals surface area (Å²) in [5.74, 6) is -0.251. The van der Waals surface area contributed by atoms with Crippen LogP contribution >= 0.6 is 0 Å². The molecule has 1 saturated carbocycles. The van der Waals surface area contributed by atoms with Crippen LogP contribution in [-0.4, -0.2) is 15.9 Å². The first-order valence-corrected chi connectivity index (χ1v) is 7.37. The molecule has 116 valence electrons. The second-order valence-corrected chi connectivity index (χ2v) is 5.86.